The van der Waals surface area contributed by atoms with Crippen molar-refractivity contribution >= 4 is 50.5 Å². The minimum absolute atomic E-state index is 0.0728. The number of piperazine rings is 1. The van der Waals surface area contributed by atoms with Gasteiger partial charge in [0.15, 0.2) is 0 Å². The number of amides is 1. The van der Waals surface area contributed by atoms with Gasteiger partial charge in [-0.3, -0.25) is 9.10 Å². The molecule has 0 aliphatic carbocycles. The molecule has 1 amide bonds. The van der Waals surface area contributed by atoms with Crippen molar-refractivity contribution in [3.8, 4) is 0 Å². The lowest BCUT2D eigenvalue weighted by Gasteiger charge is -2.38. The summed E-state index contributed by atoms with van der Waals surface area (Å²) in [7, 11) is -4.06. The van der Waals surface area contributed by atoms with Crippen molar-refractivity contribution in [1.29, 1.82) is 0 Å². The van der Waals surface area contributed by atoms with E-state index in [1.54, 1.807) is 41.3 Å². The molecule has 0 spiro atoms. The Morgan fingerprint density at radius 2 is 1.54 bits per heavy atom. The van der Waals surface area contributed by atoms with Gasteiger partial charge in [0.1, 0.15) is 6.54 Å². The molecule has 4 rings (SSSR count). The molecule has 1 fully saturated rings. The Balaban J connectivity index is 1.57. The van der Waals surface area contributed by atoms with Crippen molar-refractivity contribution in [2.45, 2.75) is 18.7 Å². The SMILES string of the molecule is Cc1cccc(N2CCN(C(=O)CN(c3cccc(Cl)c3Cl)S(=O)(=O)c3ccccc3)CC2)c1C. The number of nitrogens with zero attached hydrogens (tertiary/aromatic N) is 3. The smallest absolute Gasteiger partial charge is 0.264 e. The van der Waals surface area contributed by atoms with E-state index in [1.165, 1.54) is 23.3 Å². The topological polar surface area (TPSA) is 60.9 Å². The first kappa shape index (κ1) is 25.4. The molecule has 0 aromatic heterocycles. The molecule has 184 valence electrons. The molecule has 0 bridgehead atoms. The molecule has 3 aromatic carbocycles. The zero-order valence-electron chi connectivity index (χ0n) is 19.6. The van der Waals surface area contributed by atoms with E-state index in [0.29, 0.717) is 26.2 Å². The van der Waals surface area contributed by atoms with Crippen LogP contribution in [0.3, 0.4) is 0 Å². The average molecular weight is 532 g/mol. The predicted octanol–water partition coefficient (Wildman–Crippen LogP) is 5.15. The summed E-state index contributed by atoms with van der Waals surface area (Å²) in [5.74, 6) is -0.291. The van der Waals surface area contributed by atoms with Crippen LogP contribution in [-0.4, -0.2) is 51.9 Å². The van der Waals surface area contributed by atoms with Crippen molar-refractivity contribution < 1.29 is 13.2 Å². The molecular formula is C26H27Cl2N3O3S. The van der Waals surface area contributed by atoms with Crippen LogP contribution in [0.5, 0.6) is 0 Å². The molecule has 1 aliphatic heterocycles. The van der Waals surface area contributed by atoms with E-state index < -0.39 is 10.0 Å². The Kier molecular flexibility index (Phi) is 7.59. The van der Waals surface area contributed by atoms with Gasteiger partial charge in [-0.25, -0.2) is 8.42 Å². The average Bonchev–Trinajstić information content (AvgIpc) is 2.86. The Labute approximate surface area is 216 Å². The predicted molar refractivity (Wildman–Crippen MR) is 142 cm³/mol. The molecule has 1 heterocycles. The highest BCUT2D eigenvalue weighted by molar-refractivity contribution is 7.92. The molecule has 9 heteroatoms. The van der Waals surface area contributed by atoms with E-state index in [-0.39, 0.29) is 33.1 Å². The lowest BCUT2D eigenvalue weighted by Crippen LogP contribution is -2.52. The lowest BCUT2D eigenvalue weighted by atomic mass is 10.1. The number of benzene rings is 3. The van der Waals surface area contributed by atoms with Crippen LogP contribution in [0.2, 0.25) is 10.0 Å². The molecule has 0 unspecified atom stereocenters. The fourth-order valence-corrected chi connectivity index (χ4v) is 6.10. The van der Waals surface area contributed by atoms with Crippen molar-refractivity contribution in [3.63, 3.8) is 0 Å². The van der Waals surface area contributed by atoms with Gasteiger partial charge in [0.2, 0.25) is 5.91 Å². The van der Waals surface area contributed by atoms with E-state index in [9.17, 15) is 13.2 Å². The fourth-order valence-electron chi connectivity index (χ4n) is 4.20. The third-order valence-electron chi connectivity index (χ3n) is 6.36. The molecule has 0 N–H and O–H groups in total. The van der Waals surface area contributed by atoms with Crippen molar-refractivity contribution in [3.05, 3.63) is 87.9 Å². The molecule has 35 heavy (non-hydrogen) atoms. The van der Waals surface area contributed by atoms with Gasteiger partial charge in [0, 0.05) is 31.9 Å². The Hall–Kier alpha value is -2.74. The standard InChI is InChI=1S/C26H27Cl2N3O3S/c1-19-8-6-12-23(20(19)2)29-14-16-30(17-15-29)25(32)18-31(24-13-7-11-22(27)26(24)28)35(33,34)21-9-4-3-5-10-21/h3-13H,14-18H2,1-2H3. The highest BCUT2D eigenvalue weighted by atomic mass is 35.5. The maximum Gasteiger partial charge on any atom is 0.264 e. The minimum atomic E-state index is -4.06. The number of anilines is 2. The van der Waals surface area contributed by atoms with E-state index >= 15 is 0 Å². The van der Waals surface area contributed by atoms with Gasteiger partial charge in [0.25, 0.3) is 10.0 Å². The summed E-state index contributed by atoms with van der Waals surface area (Å²) in [6.07, 6.45) is 0. The maximum absolute atomic E-state index is 13.6. The summed E-state index contributed by atoms with van der Waals surface area (Å²) < 4.78 is 28.2. The first-order valence-corrected chi connectivity index (χ1v) is 13.5. The van der Waals surface area contributed by atoms with Gasteiger partial charge >= 0.3 is 0 Å². The van der Waals surface area contributed by atoms with Crippen LogP contribution in [0.4, 0.5) is 11.4 Å². The molecule has 6 nitrogen and oxygen atoms in total. The summed E-state index contributed by atoms with van der Waals surface area (Å²) in [6.45, 7) is 6.13. The first-order chi connectivity index (χ1) is 16.7. The van der Waals surface area contributed by atoms with Crippen molar-refractivity contribution in [2.75, 3.05) is 41.9 Å². The van der Waals surface area contributed by atoms with Crippen LogP contribution in [-0.2, 0) is 14.8 Å². The molecule has 1 saturated heterocycles. The second-order valence-electron chi connectivity index (χ2n) is 8.48. The number of hydrogen-bond donors (Lipinski definition) is 0. The van der Waals surface area contributed by atoms with Gasteiger partial charge in [-0.05, 0) is 55.3 Å². The number of carbonyl (C=O) groups is 1. The molecular weight excluding hydrogens is 505 g/mol. The second kappa shape index (κ2) is 10.5. The van der Waals surface area contributed by atoms with Gasteiger partial charge in [-0.15, -0.1) is 0 Å². The molecule has 3 aromatic rings. The van der Waals surface area contributed by atoms with E-state index in [0.717, 1.165) is 9.99 Å². The van der Waals surface area contributed by atoms with Crippen molar-refractivity contribution in [2.24, 2.45) is 0 Å². The molecule has 0 atom stereocenters. The summed E-state index contributed by atoms with van der Waals surface area (Å²) >= 11 is 12.6. The highest BCUT2D eigenvalue weighted by Crippen LogP contribution is 2.35. The maximum atomic E-state index is 13.6. The summed E-state index contributed by atoms with van der Waals surface area (Å²) in [5.41, 5.74) is 3.78. The van der Waals surface area contributed by atoms with Gasteiger partial charge in [-0.1, -0.05) is 59.6 Å². The quantitative estimate of drug-likeness (QED) is 0.441. The number of halogens is 2. The van der Waals surface area contributed by atoms with Crippen LogP contribution < -0.4 is 9.21 Å². The van der Waals surface area contributed by atoms with Crippen LogP contribution >= 0.6 is 23.2 Å². The number of aryl methyl sites for hydroxylation is 1. The van der Waals surface area contributed by atoms with Crippen molar-refractivity contribution in [1.82, 2.24) is 4.90 Å². The van der Waals surface area contributed by atoms with Gasteiger partial charge in [-0.2, -0.15) is 0 Å². The molecule has 1 aliphatic rings. The van der Waals surface area contributed by atoms with Crippen LogP contribution in [0, 0.1) is 13.8 Å². The summed E-state index contributed by atoms with van der Waals surface area (Å²) in [5, 5.41) is 0.299. The normalized spacial score (nSPS) is 14.2. The number of rotatable bonds is 6. The fraction of sp³-hybridized carbons (Fsp3) is 0.269. The van der Waals surface area contributed by atoms with Crippen LogP contribution in [0.1, 0.15) is 11.1 Å². The van der Waals surface area contributed by atoms with E-state index in [2.05, 4.69) is 30.9 Å². The van der Waals surface area contributed by atoms with Gasteiger partial charge in [0.05, 0.1) is 20.6 Å². The van der Waals surface area contributed by atoms with E-state index in [4.69, 9.17) is 23.2 Å². The van der Waals surface area contributed by atoms with E-state index in [1.807, 2.05) is 6.07 Å². The minimum Gasteiger partial charge on any atom is -0.368 e. The van der Waals surface area contributed by atoms with Gasteiger partial charge < -0.3 is 9.80 Å². The largest absolute Gasteiger partial charge is 0.368 e. The number of hydrogen-bond acceptors (Lipinski definition) is 4. The zero-order valence-corrected chi connectivity index (χ0v) is 21.9. The second-order valence-corrected chi connectivity index (χ2v) is 11.1. The van der Waals surface area contributed by atoms with Crippen LogP contribution in [0.25, 0.3) is 0 Å². The summed E-state index contributed by atoms with van der Waals surface area (Å²) in [4.78, 5) is 17.4. The Bertz CT molecular complexity index is 1320. The number of carbonyl (C=O) groups excluding carboxylic acids is 1. The molecule has 0 radical (unpaired) electrons. The number of sulfonamides is 1. The third kappa shape index (κ3) is 5.27. The van der Waals surface area contributed by atoms with Crippen LogP contribution in [0.15, 0.2) is 71.6 Å². The third-order valence-corrected chi connectivity index (χ3v) is 8.94. The monoisotopic (exact) mass is 531 g/mol. The first-order valence-electron chi connectivity index (χ1n) is 11.3. The highest BCUT2D eigenvalue weighted by Gasteiger charge is 2.32. The Morgan fingerprint density at radius 1 is 0.886 bits per heavy atom. The molecule has 0 saturated carbocycles. The Morgan fingerprint density at radius 3 is 2.23 bits per heavy atom. The summed E-state index contributed by atoms with van der Waals surface area (Å²) in [6, 6.07) is 19.0. The zero-order chi connectivity index (χ0) is 25.2. The lowest BCUT2D eigenvalue weighted by molar-refractivity contribution is -0.129.